The van der Waals surface area contributed by atoms with Crippen LogP contribution in [0.3, 0.4) is 0 Å². The Morgan fingerprint density at radius 1 is 1.30 bits per heavy atom. The van der Waals surface area contributed by atoms with Crippen molar-refractivity contribution < 1.29 is 13.9 Å². The van der Waals surface area contributed by atoms with E-state index >= 15 is 0 Å². The SMILES string of the molecule is COC1CCC(Nc2ccc(F)c(NC(C)=O)c2)CC1. The van der Waals surface area contributed by atoms with Crippen molar-refractivity contribution in [3.8, 4) is 0 Å². The standard InChI is InChI=1S/C15H21FN2O2/c1-10(19)17-15-9-12(5-8-14(15)16)18-11-3-6-13(20-2)7-4-11/h5,8-9,11,13,18H,3-4,6-7H2,1-2H3,(H,17,19). The van der Waals surface area contributed by atoms with Crippen LogP contribution in [-0.4, -0.2) is 25.2 Å². The summed E-state index contributed by atoms with van der Waals surface area (Å²) in [5.74, 6) is -0.699. The van der Waals surface area contributed by atoms with E-state index in [4.69, 9.17) is 4.74 Å². The lowest BCUT2D eigenvalue weighted by atomic mass is 9.93. The van der Waals surface area contributed by atoms with Crippen LogP contribution in [0, 0.1) is 5.82 Å². The molecule has 0 radical (unpaired) electrons. The first-order valence-electron chi connectivity index (χ1n) is 6.95. The summed E-state index contributed by atoms with van der Waals surface area (Å²) in [7, 11) is 1.75. The maximum Gasteiger partial charge on any atom is 0.221 e. The minimum absolute atomic E-state index is 0.216. The summed E-state index contributed by atoms with van der Waals surface area (Å²) < 4.78 is 18.9. The molecule has 0 aromatic heterocycles. The molecule has 0 saturated heterocycles. The first kappa shape index (κ1) is 14.8. The number of rotatable bonds is 4. The van der Waals surface area contributed by atoms with Gasteiger partial charge in [0.05, 0.1) is 11.8 Å². The van der Waals surface area contributed by atoms with Gasteiger partial charge in [-0.25, -0.2) is 4.39 Å². The topological polar surface area (TPSA) is 50.4 Å². The highest BCUT2D eigenvalue weighted by atomic mass is 19.1. The van der Waals surface area contributed by atoms with Gasteiger partial charge in [0.1, 0.15) is 5.82 Å². The second-order valence-electron chi connectivity index (χ2n) is 5.23. The fraction of sp³-hybridized carbons (Fsp3) is 0.533. The van der Waals surface area contributed by atoms with Gasteiger partial charge in [0.15, 0.2) is 0 Å². The quantitative estimate of drug-likeness (QED) is 0.890. The second kappa shape index (κ2) is 6.70. The van der Waals surface area contributed by atoms with E-state index in [1.54, 1.807) is 19.2 Å². The van der Waals surface area contributed by atoms with E-state index in [-0.39, 0.29) is 11.6 Å². The highest BCUT2D eigenvalue weighted by molar-refractivity contribution is 5.89. The van der Waals surface area contributed by atoms with Crippen LogP contribution in [0.15, 0.2) is 18.2 Å². The predicted molar refractivity (Wildman–Crippen MR) is 77.4 cm³/mol. The molecule has 0 spiro atoms. The zero-order valence-electron chi connectivity index (χ0n) is 11.9. The van der Waals surface area contributed by atoms with Crippen molar-refractivity contribution in [2.75, 3.05) is 17.7 Å². The van der Waals surface area contributed by atoms with E-state index < -0.39 is 5.82 Å². The lowest BCUT2D eigenvalue weighted by molar-refractivity contribution is -0.114. The van der Waals surface area contributed by atoms with Gasteiger partial charge in [0.25, 0.3) is 0 Å². The Labute approximate surface area is 118 Å². The molecule has 1 amide bonds. The van der Waals surface area contributed by atoms with Crippen LogP contribution < -0.4 is 10.6 Å². The van der Waals surface area contributed by atoms with Gasteiger partial charge in [-0.05, 0) is 43.9 Å². The Morgan fingerprint density at radius 2 is 2.00 bits per heavy atom. The molecule has 1 aromatic carbocycles. The van der Waals surface area contributed by atoms with Crippen LogP contribution in [0.4, 0.5) is 15.8 Å². The predicted octanol–water partition coefficient (Wildman–Crippen LogP) is 3.15. The third kappa shape index (κ3) is 3.93. The molecule has 0 unspecified atom stereocenters. The van der Waals surface area contributed by atoms with Crippen molar-refractivity contribution in [3.63, 3.8) is 0 Å². The van der Waals surface area contributed by atoms with Crippen LogP contribution in [0.1, 0.15) is 32.6 Å². The third-order valence-corrected chi connectivity index (χ3v) is 3.66. The summed E-state index contributed by atoms with van der Waals surface area (Å²) in [4.78, 5) is 11.0. The number of benzene rings is 1. The van der Waals surface area contributed by atoms with Crippen molar-refractivity contribution >= 4 is 17.3 Å². The van der Waals surface area contributed by atoms with E-state index in [0.29, 0.717) is 12.1 Å². The average Bonchev–Trinajstić information content (AvgIpc) is 2.43. The maximum absolute atomic E-state index is 13.5. The summed E-state index contributed by atoms with van der Waals surface area (Å²) >= 11 is 0. The number of nitrogens with one attached hydrogen (secondary N) is 2. The molecule has 0 bridgehead atoms. The maximum atomic E-state index is 13.5. The lowest BCUT2D eigenvalue weighted by Gasteiger charge is -2.29. The van der Waals surface area contributed by atoms with Crippen molar-refractivity contribution in [2.45, 2.75) is 44.8 Å². The molecule has 2 N–H and O–H groups in total. The Balaban J connectivity index is 1.98. The molecule has 110 valence electrons. The largest absolute Gasteiger partial charge is 0.382 e. The van der Waals surface area contributed by atoms with Crippen LogP contribution in [0.25, 0.3) is 0 Å². The molecule has 0 heterocycles. The number of halogens is 1. The monoisotopic (exact) mass is 280 g/mol. The van der Waals surface area contributed by atoms with Crippen molar-refractivity contribution in [1.29, 1.82) is 0 Å². The van der Waals surface area contributed by atoms with Gasteiger partial charge >= 0.3 is 0 Å². The van der Waals surface area contributed by atoms with Crippen molar-refractivity contribution in [1.82, 2.24) is 0 Å². The number of hydrogen-bond donors (Lipinski definition) is 2. The summed E-state index contributed by atoms with van der Waals surface area (Å²) in [5.41, 5.74) is 1.05. The average molecular weight is 280 g/mol. The number of anilines is 2. The molecule has 1 aliphatic rings. The highest BCUT2D eigenvalue weighted by Crippen LogP contribution is 2.26. The van der Waals surface area contributed by atoms with Crippen LogP contribution in [0.2, 0.25) is 0 Å². The highest BCUT2D eigenvalue weighted by Gasteiger charge is 2.20. The van der Waals surface area contributed by atoms with Gasteiger partial charge in [-0.2, -0.15) is 0 Å². The summed E-state index contributed by atoms with van der Waals surface area (Å²) in [6, 6.07) is 5.08. The molecule has 0 aliphatic heterocycles. The minimum atomic E-state index is -0.422. The fourth-order valence-corrected chi connectivity index (χ4v) is 2.58. The Kier molecular flexibility index (Phi) is 4.95. The van der Waals surface area contributed by atoms with Crippen LogP contribution in [0.5, 0.6) is 0 Å². The number of carbonyl (C=O) groups is 1. The molecule has 1 aliphatic carbocycles. The number of methoxy groups -OCH3 is 1. The molecule has 5 heteroatoms. The van der Waals surface area contributed by atoms with Gasteiger partial charge < -0.3 is 15.4 Å². The van der Waals surface area contributed by atoms with Gasteiger partial charge in [-0.15, -0.1) is 0 Å². The molecule has 1 saturated carbocycles. The van der Waals surface area contributed by atoms with Crippen molar-refractivity contribution in [3.05, 3.63) is 24.0 Å². The number of carbonyl (C=O) groups excluding carboxylic acids is 1. The Hall–Kier alpha value is -1.62. The summed E-state index contributed by atoms with van der Waals surface area (Å²) in [6.07, 6.45) is 4.50. The smallest absolute Gasteiger partial charge is 0.221 e. The molecule has 1 aromatic rings. The summed E-state index contributed by atoms with van der Waals surface area (Å²) in [5, 5.41) is 5.89. The lowest BCUT2D eigenvalue weighted by Crippen LogP contribution is -2.29. The number of hydrogen-bond acceptors (Lipinski definition) is 3. The van der Waals surface area contributed by atoms with E-state index in [9.17, 15) is 9.18 Å². The van der Waals surface area contributed by atoms with Crippen molar-refractivity contribution in [2.24, 2.45) is 0 Å². The Morgan fingerprint density at radius 3 is 2.60 bits per heavy atom. The summed E-state index contributed by atoms with van der Waals surface area (Å²) in [6.45, 7) is 1.37. The van der Waals surface area contributed by atoms with Gasteiger partial charge in [-0.3, -0.25) is 4.79 Å². The molecular weight excluding hydrogens is 259 g/mol. The fourth-order valence-electron chi connectivity index (χ4n) is 2.58. The number of ether oxygens (including phenoxy) is 1. The first-order chi connectivity index (χ1) is 9.58. The van der Waals surface area contributed by atoms with E-state index in [1.165, 1.54) is 13.0 Å². The van der Waals surface area contributed by atoms with Crippen LogP contribution in [-0.2, 0) is 9.53 Å². The molecule has 0 atom stereocenters. The first-order valence-corrected chi connectivity index (χ1v) is 6.95. The number of amides is 1. The Bertz CT molecular complexity index is 471. The molecule has 4 nitrogen and oxygen atoms in total. The van der Waals surface area contributed by atoms with Gasteiger partial charge in [0.2, 0.25) is 5.91 Å². The van der Waals surface area contributed by atoms with Crippen LogP contribution >= 0.6 is 0 Å². The third-order valence-electron chi connectivity index (χ3n) is 3.66. The zero-order chi connectivity index (χ0) is 14.5. The molecule has 1 fully saturated rings. The molecule has 2 rings (SSSR count). The second-order valence-corrected chi connectivity index (χ2v) is 5.23. The van der Waals surface area contributed by atoms with Gasteiger partial charge in [0, 0.05) is 25.8 Å². The normalized spacial score (nSPS) is 22.4. The zero-order valence-corrected chi connectivity index (χ0v) is 11.9. The van der Waals surface area contributed by atoms with E-state index in [2.05, 4.69) is 10.6 Å². The van der Waals surface area contributed by atoms with E-state index in [0.717, 1.165) is 31.4 Å². The molecular formula is C15H21FN2O2. The van der Waals surface area contributed by atoms with Gasteiger partial charge in [-0.1, -0.05) is 0 Å². The minimum Gasteiger partial charge on any atom is -0.382 e. The van der Waals surface area contributed by atoms with E-state index in [1.807, 2.05) is 0 Å². The molecule has 20 heavy (non-hydrogen) atoms.